The zero-order valence-electron chi connectivity index (χ0n) is 20.0. The molecule has 1 aromatic carbocycles. The molecule has 0 amide bonds. The first-order chi connectivity index (χ1) is 15.8. The van der Waals surface area contributed by atoms with Gasteiger partial charge in [-0.2, -0.15) is 11.3 Å². The highest BCUT2D eigenvalue weighted by atomic mass is 35.5. The molecule has 3 atom stereocenters. The van der Waals surface area contributed by atoms with Gasteiger partial charge in [0.25, 0.3) is 0 Å². The maximum atomic E-state index is 10.7. The first kappa shape index (κ1) is 25.5. The summed E-state index contributed by atoms with van der Waals surface area (Å²) in [5, 5.41) is 16.6. The first-order valence-corrected chi connectivity index (χ1v) is 14.2. The lowest BCUT2D eigenvalue weighted by atomic mass is 9.83. The molecule has 4 rings (SSSR count). The molecule has 6 heteroatoms. The Morgan fingerprint density at radius 3 is 2.58 bits per heavy atom. The van der Waals surface area contributed by atoms with Gasteiger partial charge >= 0.3 is 0 Å². The Bertz CT molecular complexity index is 880. The SMILES string of the molecule is CCC[C@@](C)(O)CC1CCN(CC2CN(Cc3ccc(Cl)cc3Cl)CC2c2ccsc2)CC1. The van der Waals surface area contributed by atoms with Gasteiger partial charge in [0.1, 0.15) is 0 Å². The second-order valence-electron chi connectivity index (χ2n) is 10.5. The molecule has 0 radical (unpaired) electrons. The van der Waals surface area contributed by atoms with Crippen LogP contribution in [0.5, 0.6) is 0 Å². The Morgan fingerprint density at radius 2 is 1.91 bits per heavy atom. The van der Waals surface area contributed by atoms with E-state index in [-0.39, 0.29) is 0 Å². The van der Waals surface area contributed by atoms with Crippen LogP contribution in [0.3, 0.4) is 0 Å². The number of benzene rings is 1. The van der Waals surface area contributed by atoms with Crippen molar-refractivity contribution >= 4 is 34.5 Å². The van der Waals surface area contributed by atoms with Crippen molar-refractivity contribution in [3.8, 4) is 0 Å². The lowest BCUT2D eigenvalue weighted by molar-refractivity contribution is 0.0121. The average molecular weight is 510 g/mol. The van der Waals surface area contributed by atoms with Crippen LogP contribution in [0, 0.1) is 11.8 Å². The fourth-order valence-corrected chi connectivity index (χ4v) is 7.19. The van der Waals surface area contributed by atoms with Crippen LogP contribution in [0.25, 0.3) is 0 Å². The molecular formula is C27H38Cl2N2OS. The van der Waals surface area contributed by atoms with Gasteiger partial charge in [0, 0.05) is 42.1 Å². The number of nitrogens with zero attached hydrogens (tertiary/aromatic N) is 2. The highest BCUT2D eigenvalue weighted by molar-refractivity contribution is 7.08. The van der Waals surface area contributed by atoms with Gasteiger partial charge in [-0.15, -0.1) is 0 Å². The standard InChI is InChI=1S/C27H38Cl2N2OS/c1-3-9-27(2,32)14-20-6-10-30(11-7-20)16-23-17-31(18-25(23)22-8-12-33-19-22)15-21-4-5-24(28)13-26(21)29/h4-5,8,12-13,19-20,23,25,32H,3,6-7,9-11,14-18H2,1-2H3/t23?,25?,27-/m1/s1. The highest BCUT2D eigenvalue weighted by Crippen LogP contribution is 2.37. The van der Waals surface area contributed by atoms with Crippen LogP contribution in [0.2, 0.25) is 10.0 Å². The Morgan fingerprint density at radius 1 is 1.12 bits per heavy atom. The van der Waals surface area contributed by atoms with Gasteiger partial charge in [-0.1, -0.05) is 42.6 Å². The van der Waals surface area contributed by atoms with Crippen LogP contribution >= 0.6 is 34.5 Å². The van der Waals surface area contributed by atoms with E-state index in [1.807, 2.05) is 19.1 Å². The van der Waals surface area contributed by atoms with E-state index in [1.54, 1.807) is 11.3 Å². The summed E-state index contributed by atoms with van der Waals surface area (Å²) in [7, 11) is 0. The van der Waals surface area contributed by atoms with E-state index in [9.17, 15) is 5.11 Å². The third-order valence-electron chi connectivity index (χ3n) is 7.61. The van der Waals surface area contributed by atoms with E-state index >= 15 is 0 Å². The maximum Gasteiger partial charge on any atom is 0.0622 e. The molecule has 182 valence electrons. The van der Waals surface area contributed by atoms with Gasteiger partial charge in [-0.25, -0.2) is 0 Å². The molecule has 2 aliphatic heterocycles. The van der Waals surface area contributed by atoms with E-state index in [4.69, 9.17) is 23.2 Å². The van der Waals surface area contributed by atoms with Crippen molar-refractivity contribution in [1.29, 1.82) is 0 Å². The largest absolute Gasteiger partial charge is 0.390 e. The predicted octanol–water partition coefficient (Wildman–Crippen LogP) is 6.92. The molecule has 1 aromatic heterocycles. The number of likely N-dealkylation sites (tertiary alicyclic amines) is 2. The van der Waals surface area contributed by atoms with E-state index in [0.29, 0.717) is 22.8 Å². The lowest BCUT2D eigenvalue weighted by Gasteiger charge is -2.37. The summed E-state index contributed by atoms with van der Waals surface area (Å²) in [5.41, 5.74) is 2.14. The van der Waals surface area contributed by atoms with Crippen LogP contribution in [0.1, 0.15) is 63.0 Å². The number of hydrogen-bond acceptors (Lipinski definition) is 4. The van der Waals surface area contributed by atoms with Crippen LogP contribution in [0.15, 0.2) is 35.0 Å². The second kappa shape index (κ2) is 11.4. The number of aliphatic hydroxyl groups is 1. The summed E-state index contributed by atoms with van der Waals surface area (Å²) < 4.78 is 0. The van der Waals surface area contributed by atoms with Gasteiger partial charge in [0.2, 0.25) is 0 Å². The first-order valence-electron chi connectivity index (χ1n) is 12.5. The molecular weight excluding hydrogens is 471 g/mol. The Hall–Kier alpha value is -0.620. The molecule has 33 heavy (non-hydrogen) atoms. The summed E-state index contributed by atoms with van der Waals surface area (Å²) in [6, 6.07) is 8.16. The smallest absolute Gasteiger partial charge is 0.0622 e. The van der Waals surface area contributed by atoms with E-state index in [1.165, 1.54) is 18.4 Å². The predicted molar refractivity (Wildman–Crippen MR) is 142 cm³/mol. The maximum absolute atomic E-state index is 10.7. The van der Waals surface area contributed by atoms with Crippen molar-refractivity contribution in [2.24, 2.45) is 11.8 Å². The van der Waals surface area contributed by atoms with Gasteiger partial charge in [-0.3, -0.25) is 4.90 Å². The van der Waals surface area contributed by atoms with E-state index < -0.39 is 5.60 Å². The minimum absolute atomic E-state index is 0.499. The molecule has 0 spiro atoms. The molecule has 1 N–H and O–H groups in total. The summed E-state index contributed by atoms with van der Waals surface area (Å²) in [4.78, 5) is 5.24. The topological polar surface area (TPSA) is 26.7 Å². The third-order valence-corrected chi connectivity index (χ3v) is 8.90. The molecule has 0 aliphatic carbocycles. The quantitative estimate of drug-likeness (QED) is 0.397. The fraction of sp³-hybridized carbons (Fsp3) is 0.630. The Balaban J connectivity index is 1.35. The second-order valence-corrected chi connectivity index (χ2v) is 12.2. The third kappa shape index (κ3) is 6.96. The molecule has 2 fully saturated rings. The van der Waals surface area contributed by atoms with Crippen LogP contribution < -0.4 is 0 Å². The van der Waals surface area contributed by atoms with Crippen molar-refractivity contribution in [1.82, 2.24) is 9.80 Å². The summed E-state index contributed by atoms with van der Waals surface area (Å²) in [5.74, 6) is 1.86. The van der Waals surface area contributed by atoms with Crippen molar-refractivity contribution in [2.45, 2.75) is 64.0 Å². The Labute approximate surface area is 213 Å². The molecule has 0 bridgehead atoms. The minimum atomic E-state index is -0.499. The normalized spacial score (nSPS) is 24.9. The zero-order valence-corrected chi connectivity index (χ0v) is 22.3. The van der Waals surface area contributed by atoms with Crippen molar-refractivity contribution in [2.75, 3.05) is 32.7 Å². The summed E-state index contributed by atoms with van der Waals surface area (Å²) >= 11 is 14.4. The molecule has 2 aliphatic rings. The molecule has 3 nitrogen and oxygen atoms in total. The molecule has 2 aromatic rings. The van der Waals surface area contributed by atoms with Gasteiger partial charge in [0.05, 0.1) is 5.60 Å². The summed E-state index contributed by atoms with van der Waals surface area (Å²) in [6.07, 6.45) is 5.32. The summed E-state index contributed by atoms with van der Waals surface area (Å²) in [6.45, 7) is 10.7. The average Bonchev–Trinajstić information content (AvgIpc) is 3.41. The fourth-order valence-electron chi connectivity index (χ4n) is 6.00. The van der Waals surface area contributed by atoms with Crippen molar-refractivity contribution < 1.29 is 5.11 Å². The number of halogens is 2. The number of rotatable bonds is 9. The van der Waals surface area contributed by atoms with Gasteiger partial charge in [0.15, 0.2) is 0 Å². The molecule has 2 saturated heterocycles. The van der Waals surface area contributed by atoms with Crippen LogP contribution in [-0.4, -0.2) is 53.2 Å². The van der Waals surface area contributed by atoms with Gasteiger partial charge < -0.3 is 10.0 Å². The zero-order chi connectivity index (χ0) is 23.4. The lowest BCUT2D eigenvalue weighted by Crippen LogP contribution is -2.40. The minimum Gasteiger partial charge on any atom is -0.390 e. The highest BCUT2D eigenvalue weighted by Gasteiger charge is 2.36. The molecule has 2 unspecified atom stereocenters. The van der Waals surface area contributed by atoms with Crippen molar-refractivity contribution in [3.63, 3.8) is 0 Å². The number of hydrogen-bond donors (Lipinski definition) is 1. The monoisotopic (exact) mass is 508 g/mol. The van der Waals surface area contributed by atoms with E-state index in [2.05, 4.69) is 39.6 Å². The number of piperidine rings is 1. The van der Waals surface area contributed by atoms with E-state index in [0.717, 1.165) is 69.1 Å². The van der Waals surface area contributed by atoms with Crippen LogP contribution in [0.4, 0.5) is 0 Å². The molecule has 3 heterocycles. The van der Waals surface area contributed by atoms with Gasteiger partial charge in [-0.05, 0) is 97.6 Å². The number of thiophene rings is 1. The van der Waals surface area contributed by atoms with Crippen LogP contribution in [-0.2, 0) is 6.54 Å². The van der Waals surface area contributed by atoms with Crippen molar-refractivity contribution in [3.05, 3.63) is 56.2 Å². The Kier molecular flexibility index (Phi) is 8.81. The molecule has 0 saturated carbocycles.